The number of hydrogen-bond donors (Lipinski definition) is 2. The minimum Gasteiger partial charge on any atom is -0.481 e. The summed E-state index contributed by atoms with van der Waals surface area (Å²) in [5, 5.41) is 22.4. The third-order valence-corrected chi connectivity index (χ3v) is 12.6. The Bertz CT molecular complexity index is 2590. The molecular weight excluding hydrogens is 785 g/mol. The standard InChI is InChI=1S/C47H54N10O5/c1-32-43(46-48-38(34-11-4-3-5-12-34)30-41(57(46)50-32)55-23-19-54(20-24-55)27-28-58)35-13-6-9-33(29-35)10-8-18-53-21-25-56(26-22-53)42(60)31-62-39-15-7-14-36-44(51-52(2)45(36)39)37-16-17-40(59)49-47(37)61/h3-7,9,11-15,29-30,37,58H,8,10,16-28,31H2,1-2H3,(H,49,59,61). The Balaban J connectivity index is 0.815. The molecule has 1 atom stereocenters. The van der Waals surface area contributed by atoms with Crippen LogP contribution in [0.2, 0.25) is 0 Å². The van der Waals surface area contributed by atoms with Crippen molar-refractivity contribution in [3.05, 3.63) is 95.8 Å². The molecular formula is C47H54N10O5. The van der Waals surface area contributed by atoms with Gasteiger partial charge in [-0.15, -0.1) is 0 Å². The van der Waals surface area contributed by atoms with Crippen molar-refractivity contribution in [2.24, 2.45) is 7.05 Å². The number of aryl methyl sites for hydroxylation is 3. The van der Waals surface area contributed by atoms with Crippen LogP contribution in [0.1, 0.15) is 42.1 Å². The van der Waals surface area contributed by atoms with Crippen LogP contribution in [0, 0.1) is 6.92 Å². The molecule has 2 N–H and O–H groups in total. The minimum atomic E-state index is -0.514. The number of imide groups is 1. The Labute approximate surface area is 360 Å². The van der Waals surface area contributed by atoms with Crippen molar-refractivity contribution in [2.75, 3.05) is 83.6 Å². The molecule has 3 aliphatic rings. The van der Waals surface area contributed by atoms with E-state index in [9.17, 15) is 19.5 Å². The average molecular weight is 839 g/mol. The van der Waals surface area contributed by atoms with Crippen LogP contribution in [0.15, 0.2) is 78.9 Å². The first kappa shape index (κ1) is 41.2. The van der Waals surface area contributed by atoms with Gasteiger partial charge in [0.1, 0.15) is 17.1 Å². The number of amides is 3. The van der Waals surface area contributed by atoms with Crippen molar-refractivity contribution >= 4 is 40.1 Å². The quantitative estimate of drug-likeness (QED) is 0.162. The number of hydrogen-bond acceptors (Lipinski definition) is 11. The lowest BCUT2D eigenvalue weighted by atomic mass is 9.93. The molecule has 62 heavy (non-hydrogen) atoms. The number of ether oxygens (including phenoxy) is 1. The number of anilines is 1. The molecule has 6 heterocycles. The van der Waals surface area contributed by atoms with Crippen molar-refractivity contribution < 1.29 is 24.2 Å². The highest BCUT2D eigenvalue weighted by Gasteiger charge is 2.32. The minimum absolute atomic E-state index is 0.0628. The summed E-state index contributed by atoms with van der Waals surface area (Å²) in [7, 11) is 1.80. The summed E-state index contributed by atoms with van der Waals surface area (Å²) in [5.74, 6) is 0.386. The van der Waals surface area contributed by atoms with Gasteiger partial charge in [0.2, 0.25) is 11.8 Å². The summed E-state index contributed by atoms with van der Waals surface area (Å²) in [5.41, 5.74) is 8.51. The maximum atomic E-state index is 13.3. The molecule has 3 aromatic heterocycles. The molecule has 0 bridgehead atoms. The van der Waals surface area contributed by atoms with Crippen LogP contribution in [0.4, 0.5) is 5.82 Å². The van der Waals surface area contributed by atoms with Crippen molar-refractivity contribution in [2.45, 2.75) is 38.5 Å². The monoisotopic (exact) mass is 838 g/mol. The SMILES string of the molecule is Cc1nn2c(N3CCN(CCO)CC3)cc(-c3ccccc3)nc2c1-c1cccc(CCCN2CCN(C(=O)COc3cccc4c(C5CCC(=O)NC5=O)nn(C)c34)CC2)c1. The van der Waals surface area contributed by atoms with E-state index < -0.39 is 5.92 Å². The van der Waals surface area contributed by atoms with E-state index in [4.69, 9.17) is 14.8 Å². The first-order chi connectivity index (χ1) is 30.2. The van der Waals surface area contributed by atoms with Gasteiger partial charge in [-0.05, 0) is 49.9 Å². The van der Waals surface area contributed by atoms with Gasteiger partial charge in [0.25, 0.3) is 5.91 Å². The highest BCUT2D eigenvalue weighted by atomic mass is 16.5. The van der Waals surface area contributed by atoms with Crippen molar-refractivity contribution in [3.63, 3.8) is 0 Å². The van der Waals surface area contributed by atoms with Crippen LogP contribution in [-0.4, -0.2) is 141 Å². The summed E-state index contributed by atoms with van der Waals surface area (Å²) in [6.45, 7) is 10.1. The van der Waals surface area contributed by atoms with Crippen LogP contribution in [-0.2, 0) is 27.9 Å². The third kappa shape index (κ3) is 8.52. The molecule has 3 amide bonds. The number of aliphatic hydroxyl groups is 1. The summed E-state index contributed by atoms with van der Waals surface area (Å²) in [6, 6.07) is 26.8. The topological polar surface area (TPSA) is 154 Å². The smallest absolute Gasteiger partial charge is 0.260 e. The molecule has 0 saturated carbocycles. The third-order valence-electron chi connectivity index (χ3n) is 12.6. The summed E-state index contributed by atoms with van der Waals surface area (Å²) in [4.78, 5) is 51.9. The van der Waals surface area contributed by atoms with E-state index in [-0.39, 0.29) is 37.4 Å². The Kier molecular flexibility index (Phi) is 12.0. The second-order valence-electron chi connectivity index (χ2n) is 16.6. The molecule has 0 aliphatic carbocycles. The van der Waals surface area contributed by atoms with Gasteiger partial charge in [-0.1, -0.05) is 66.7 Å². The number of nitrogens with one attached hydrogen (secondary N) is 1. The molecule has 0 radical (unpaired) electrons. The van der Waals surface area contributed by atoms with Crippen molar-refractivity contribution in [1.29, 1.82) is 0 Å². The zero-order chi connectivity index (χ0) is 42.7. The number of aliphatic hydroxyl groups excluding tert-OH is 1. The zero-order valence-electron chi connectivity index (χ0n) is 35.5. The maximum absolute atomic E-state index is 13.3. The van der Waals surface area contributed by atoms with Gasteiger partial charge < -0.3 is 19.6 Å². The van der Waals surface area contributed by atoms with E-state index in [0.29, 0.717) is 43.0 Å². The van der Waals surface area contributed by atoms with E-state index in [2.05, 4.69) is 74.5 Å². The molecule has 322 valence electrons. The first-order valence-corrected chi connectivity index (χ1v) is 21.8. The molecule has 1 unspecified atom stereocenters. The van der Waals surface area contributed by atoms with Gasteiger partial charge in [-0.25, -0.2) is 4.98 Å². The van der Waals surface area contributed by atoms with Gasteiger partial charge in [0.15, 0.2) is 12.3 Å². The van der Waals surface area contributed by atoms with Gasteiger partial charge in [0, 0.05) is 95.0 Å². The van der Waals surface area contributed by atoms with E-state index in [1.165, 1.54) is 5.56 Å². The maximum Gasteiger partial charge on any atom is 0.260 e. The molecule has 3 saturated heterocycles. The molecule has 15 nitrogen and oxygen atoms in total. The summed E-state index contributed by atoms with van der Waals surface area (Å²) < 4.78 is 9.80. The molecule has 3 fully saturated rings. The number of carbonyl (C=O) groups excluding carboxylic acids is 3. The highest BCUT2D eigenvalue weighted by molar-refractivity contribution is 6.03. The molecule has 3 aliphatic heterocycles. The number of piperazine rings is 2. The second-order valence-corrected chi connectivity index (χ2v) is 16.6. The number of rotatable bonds is 13. The number of fused-ring (bicyclic) bond motifs is 2. The fourth-order valence-corrected chi connectivity index (χ4v) is 9.27. The number of nitrogens with zero attached hydrogens (tertiary/aromatic N) is 9. The van der Waals surface area contributed by atoms with Crippen molar-refractivity contribution in [3.8, 4) is 28.1 Å². The lowest BCUT2D eigenvalue weighted by Crippen LogP contribution is -2.50. The number of benzene rings is 3. The van der Waals surface area contributed by atoms with Gasteiger partial charge in [-0.3, -0.25) is 34.2 Å². The number of piperidine rings is 1. The fraction of sp³-hybridized carbons (Fsp3) is 0.404. The molecule has 15 heteroatoms. The number of aromatic nitrogens is 5. The predicted molar refractivity (Wildman–Crippen MR) is 237 cm³/mol. The normalized spacial score (nSPS) is 17.9. The largest absolute Gasteiger partial charge is 0.481 e. The van der Waals surface area contributed by atoms with Gasteiger partial charge in [-0.2, -0.15) is 14.7 Å². The summed E-state index contributed by atoms with van der Waals surface area (Å²) >= 11 is 0. The average Bonchev–Trinajstić information content (AvgIpc) is 3.81. The molecule has 0 spiro atoms. The number of carbonyl (C=O) groups is 3. The molecule has 9 rings (SSSR count). The Morgan fingerprint density at radius 2 is 1.60 bits per heavy atom. The van der Waals surface area contributed by atoms with Crippen LogP contribution in [0.25, 0.3) is 38.9 Å². The van der Waals surface area contributed by atoms with Crippen molar-refractivity contribution in [1.82, 2.24) is 44.4 Å². The first-order valence-electron chi connectivity index (χ1n) is 21.8. The van der Waals surface area contributed by atoms with E-state index in [1.54, 1.807) is 11.7 Å². The summed E-state index contributed by atoms with van der Waals surface area (Å²) in [6.07, 6.45) is 2.60. The van der Waals surface area contributed by atoms with Crippen LogP contribution >= 0.6 is 0 Å². The molecule has 3 aromatic carbocycles. The van der Waals surface area contributed by atoms with E-state index in [1.807, 2.05) is 45.8 Å². The van der Waals surface area contributed by atoms with Crippen LogP contribution in [0.3, 0.4) is 0 Å². The van der Waals surface area contributed by atoms with Gasteiger partial charge >= 0.3 is 0 Å². The Morgan fingerprint density at radius 1 is 0.855 bits per heavy atom. The molecule has 6 aromatic rings. The number of β-amino-alcohol motifs (C(OH)–C–C–N with tert-alkyl or cyclic N) is 1. The second kappa shape index (κ2) is 18.1. The zero-order valence-corrected chi connectivity index (χ0v) is 35.5. The van der Waals surface area contributed by atoms with E-state index in [0.717, 1.165) is 104 Å². The highest BCUT2D eigenvalue weighted by Crippen LogP contribution is 2.36. The Hall–Kier alpha value is -6.16. The Morgan fingerprint density at radius 3 is 2.37 bits per heavy atom. The lowest BCUT2D eigenvalue weighted by Gasteiger charge is -2.35. The van der Waals surface area contributed by atoms with Crippen LogP contribution < -0.4 is 15.0 Å². The van der Waals surface area contributed by atoms with Gasteiger partial charge in [0.05, 0.1) is 29.6 Å². The fourth-order valence-electron chi connectivity index (χ4n) is 9.27. The number of para-hydroxylation sites is 1. The predicted octanol–water partition coefficient (Wildman–Crippen LogP) is 4.05. The van der Waals surface area contributed by atoms with Crippen LogP contribution in [0.5, 0.6) is 5.75 Å². The lowest BCUT2D eigenvalue weighted by molar-refractivity contribution is -0.135. The van der Waals surface area contributed by atoms with E-state index >= 15 is 0 Å².